The predicted molar refractivity (Wildman–Crippen MR) is 122 cm³/mol. The van der Waals surface area contributed by atoms with Gasteiger partial charge < -0.3 is 10.2 Å². The highest BCUT2D eigenvalue weighted by Crippen LogP contribution is 2.36. The first kappa shape index (κ1) is 26.0. The summed E-state index contributed by atoms with van der Waals surface area (Å²) >= 11 is 1.46. The van der Waals surface area contributed by atoms with E-state index in [-0.39, 0.29) is 19.2 Å². The first-order valence-corrected chi connectivity index (χ1v) is 12.1. The first-order chi connectivity index (χ1) is 17.0. The third kappa shape index (κ3) is 5.68. The average Bonchev–Trinajstić information content (AvgIpc) is 3.48. The zero-order valence-electron chi connectivity index (χ0n) is 19.1. The van der Waals surface area contributed by atoms with Gasteiger partial charge in [0.15, 0.2) is 10.8 Å². The van der Waals surface area contributed by atoms with Crippen LogP contribution < -0.4 is 10.2 Å². The van der Waals surface area contributed by atoms with Crippen LogP contribution in [0.3, 0.4) is 0 Å². The van der Waals surface area contributed by atoms with Crippen LogP contribution in [0.2, 0.25) is 0 Å². The maximum Gasteiger partial charge on any atom is 0.416 e. The van der Waals surface area contributed by atoms with E-state index in [1.807, 2.05) is 6.92 Å². The molecule has 7 nitrogen and oxygen atoms in total. The predicted octanol–water partition coefficient (Wildman–Crippen LogP) is 5.01. The maximum absolute atomic E-state index is 13.1. The highest BCUT2D eigenvalue weighted by Gasteiger charge is 2.37. The molecule has 1 N–H and O–H groups in total. The highest BCUT2D eigenvalue weighted by molar-refractivity contribution is 7.99. The van der Waals surface area contributed by atoms with Crippen LogP contribution in [-0.4, -0.2) is 51.0 Å². The van der Waals surface area contributed by atoms with E-state index in [4.69, 9.17) is 0 Å². The Morgan fingerprint density at radius 2 is 1.67 bits per heavy atom. The largest absolute Gasteiger partial charge is 0.416 e. The van der Waals surface area contributed by atoms with Crippen molar-refractivity contribution in [3.05, 3.63) is 41.1 Å². The summed E-state index contributed by atoms with van der Waals surface area (Å²) in [5.41, 5.74) is -3.29. The molecule has 0 bridgehead atoms. The summed E-state index contributed by atoms with van der Waals surface area (Å²) in [4.78, 5) is 23.8. The lowest BCUT2D eigenvalue weighted by Crippen LogP contribution is -2.28. The van der Waals surface area contributed by atoms with E-state index >= 15 is 0 Å². The minimum Gasteiger partial charge on any atom is -0.356 e. The van der Waals surface area contributed by atoms with Crippen molar-refractivity contribution in [2.45, 2.75) is 43.8 Å². The van der Waals surface area contributed by atoms with Gasteiger partial charge in [-0.2, -0.15) is 31.4 Å². The number of hydrogen-bond donors (Lipinski definition) is 1. The molecular weight excluding hydrogens is 510 g/mol. The number of aromatic nitrogens is 4. The van der Waals surface area contributed by atoms with Crippen molar-refractivity contribution in [3.8, 4) is 0 Å². The number of alkyl halides is 6. The summed E-state index contributed by atoms with van der Waals surface area (Å²) in [7, 11) is 0. The molecule has 3 heterocycles. The first-order valence-electron chi connectivity index (χ1n) is 11.2. The molecule has 1 aliphatic rings. The number of carbonyl (C=O) groups is 1. The Kier molecular flexibility index (Phi) is 7.34. The number of rotatable bonds is 7. The highest BCUT2D eigenvalue weighted by atomic mass is 32.2. The Labute approximate surface area is 206 Å². The zero-order valence-corrected chi connectivity index (χ0v) is 19.9. The Morgan fingerprint density at radius 3 is 2.25 bits per heavy atom. The molecule has 3 aromatic rings. The van der Waals surface area contributed by atoms with Crippen LogP contribution in [0.4, 0.5) is 32.2 Å². The monoisotopic (exact) mass is 532 g/mol. The van der Waals surface area contributed by atoms with E-state index in [2.05, 4.69) is 25.3 Å². The van der Waals surface area contributed by atoms with Gasteiger partial charge in [0.2, 0.25) is 0 Å². The fraction of sp³-hybridized carbons (Fsp3) is 0.455. The van der Waals surface area contributed by atoms with Gasteiger partial charge in [0.05, 0.1) is 29.3 Å². The third-order valence-corrected chi connectivity index (χ3v) is 6.32. The Morgan fingerprint density at radius 1 is 1.03 bits per heavy atom. The number of carbonyl (C=O) groups excluding carboxylic acids is 1. The van der Waals surface area contributed by atoms with Crippen LogP contribution in [0, 0.1) is 0 Å². The van der Waals surface area contributed by atoms with Crippen LogP contribution in [0.25, 0.3) is 11.0 Å². The minimum atomic E-state index is -5.04. The van der Waals surface area contributed by atoms with Gasteiger partial charge in [-0.15, -0.1) is 0 Å². The molecule has 0 unspecified atom stereocenters. The van der Waals surface area contributed by atoms with Crippen LogP contribution in [0.15, 0.2) is 29.6 Å². The van der Waals surface area contributed by atoms with Gasteiger partial charge in [0.1, 0.15) is 5.82 Å². The van der Waals surface area contributed by atoms with Crippen molar-refractivity contribution < 1.29 is 31.1 Å². The Hall–Kier alpha value is -3.03. The molecule has 1 saturated heterocycles. The van der Waals surface area contributed by atoms with Gasteiger partial charge in [0, 0.05) is 25.2 Å². The summed E-state index contributed by atoms with van der Waals surface area (Å²) in [6, 6.07) is 0.783. The molecule has 36 heavy (non-hydrogen) atoms. The number of nitrogens with one attached hydrogen (secondary N) is 1. The molecule has 1 amide bonds. The van der Waals surface area contributed by atoms with Gasteiger partial charge in [-0.25, -0.2) is 14.6 Å². The van der Waals surface area contributed by atoms with Crippen LogP contribution in [-0.2, 0) is 18.9 Å². The van der Waals surface area contributed by atoms with Gasteiger partial charge in [0.25, 0.3) is 5.91 Å². The normalized spacial score (nSPS) is 14.6. The molecule has 1 aromatic carbocycles. The lowest BCUT2D eigenvalue weighted by atomic mass is 10.0. The number of benzene rings is 1. The minimum absolute atomic E-state index is 0.0176. The third-order valence-electron chi connectivity index (χ3n) is 5.59. The summed E-state index contributed by atoms with van der Waals surface area (Å²) in [6.45, 7) is 3.71. The summed E-state index contributed by atoms with van der Waals surface area (Å²) in [5, 5.41) is 8.00. The molecule has 0 aliphatic carbocycles. The van der Waals surface area contributed by atoms with Gasteiger partial charge in [-0.1, -0.05) is 18.7 Å². The van der Waals surface area contributed by atoms with E-state index in [9.17, 15) is 31.1 Å². The molecule has 0 spiro atoms. The fourth-order valence-corrected chi connectivity index (χ4v) is 4.47. The summed E-state index contributed by atoms with van der Waals surface area (Å²) < 4.78 is 80.1. The summed E-state index contributed by atoms with van der Waals surface area (Å²) in [5.74, 6) is 0.469. The van der Waals surface area contributed by atoms with Crippen molar-refractivity contribution in [1.29, 1.82) is 0 Å². The number of thioether (sulfide) groups is 1. The SMILES string of the molecule is CCSc1nc(N2CCCC2)c2cnn(CCNC(=O)c3cc(C(F)(F)F)cc(C(F)(F)F)c3)c2n1. The standard InChI is InChI=1S/C22H22F6N6OS/c1-2-36-20-31-17(33-6-3-4-7-33)16-12-30-34(18(16)32-20)8-5-29-19(35)13-9-14(21(23,24)25)11-15(10-13)22(26,27)28/h9-12H,2-8H2,1H3,(H,29,35). The average molecular weight is 533 g/mol. The lowest BCUT2D eigenvalue weighted by Gasteiger charge is -2.17. The zero-order chi connectivity index (χ0) is 26.1. The van der Waals surface area contributed by atoms with Crippen molar-refractivity contribution in [2.75, 3.05) is 30.3 Å². The van der Waals surface area contributed by atoms with E-state index in [1.165, 1.54) is 16.4 Å². The van der Waals surface area contributed by atoms with E-state index < -0.39 is 35.0 Å². The molecule has 14 heteroatoms. The van der Waals surface area contributed by atoms with E-state index in [1.54, 1.807) is 6.20 Å². The summed E-state index contributed by atoms with van der Waals surface area (Å²) in [6.07, 6.45) is -6.36. The maximum atomic E-state index is 13.1. The quantitative estimate of drug-likeness (QED) is 0.262. The van der Waals surface area contributed by atoms with Crippen molar-refractivity contribution in [3.63, 3.8) is 0 Å². The molecular formula is C22H22F6N6OS. The molecule has 2 aromatic heterocycles. The second-order valence-corrected chi connectivity index (χ2v) is 9.34. The van der Waals surface area contributed by atoms with Crippen LogP contribution in [0.5, 0.6) is 0 Å². The van der Waals surface area contributed by atoms with Gasteiger partial charge in [-0.3, -0.25) is 4.79 Å². The molecule has 0 radical (unpaired) electrons. The van der Waals surface area contributed by atoms with Crippen LogP contribution >= 0.6 is 11.8 Å². The lowest BCUT2D eigenvalue weighted by molar-refractivity contribution is -0.143. The second kappa shape index (κ2) is 10.1. The number of hydrogen-bond acceptors (Lipinski definition) is 6. The van der Waals surface area contributed by atoms with E-state index in [0.717, 1.165) is 42.9 Å². The molecule has 4 rings (SSSR count). The number of nitrogens with zero attached hydrogens (tertiary/aromatic N) is 5. The molecule has 0 atom stereocenters. The number of anilines is 1. The molecule has 1 fully saturated rings. The number of halogens is 6. The molecule has 194 valence electrons. The number of amides is 1. The smallest absolute Gasteiger partial charge is 0.356 e. The second-order valence-electron chi connectivity index (χ2n) is 8.11. The van der Waals surface area contributed by atoms with E-state index in [0.29, 0.717) is 22.9 Å². The number of fused-ring (bicyclic) bond motifs is 1. The van der Waals surface area contributed by atoms with Crippen LogP contribution in [0.1, 0.15) is 41.3 Å². The Balaban J connectivity index is 1.54. The Bertz CT molecular complexity index is 1220. The van der Waals surface area contributed by atoms with Gasteiger partial charge >= 0.3 is 12.4 Å². The fourth-order valence-electron chi connectivity index (χ4n) is 3.91. The molecule has 1 aliphatic heterocycles. The molecule has 0 saturated carbocycles. The van der Waals surface area contributed by atoms with Crippen molar-refractivity contribution in [1.82, 2.24) is 25.1 Å². The van der Waals surface area contributed by atoms with Crippen molar-refractivity contribution in [2.24, 2.45) is 0 Å². The van der Waals surface area contributed by atoms with Gasteiger partial charge in [-0.05, 0) is 36.8 Å². The topological polar surface area (TPSA) is 75.9 Å². The van der Waals surface area contributed by atoms with Crippen molar-refractivity contribution >= 4 is 34.5 Å².